The number of hydrogen-bond donors (Lipinski definition) is 0. The molecule has 1 fully saturated rings. The van der Waals surface area contributed by atoms with Gasteiger partial charge in [-0.25, -0.2) is 0 Å². The zero-order valence-corrected chi connectivity index (χ0v) is 12.7. The average molecular weight is 305 g/mol. The number of halogens is 1. The Morgan fingerprint density at radius 3 is 2.57 bits per heavy atom. The molecule has 0 radical (unpaired) electrons. The van der Waals surface area contributed by atoms with Crippen molar-refractivity contribution in [3.8, 4) is 0 Å². The molecule has 110 valence electrons. The predicted molar refractivity (Wildman–Crippen MR) is 82.6 cm³/mol. The summed E-state index contributed by atoms with van der Waals surface area (Å²) in [5, 5.41) is 0.239. The number of anilines is 2. The van der Waals surface area contributed by atoms with E-state index in [1.165, 1.54) is 12.8 Å². The van der Waals surface area contributed by atoms with Crippen molar-refractivity contribution in [3.05, 3.63) is 35.4 Å². The quantitative estimate of drug-likeness (QED) is 0.863. The lowest BCUT2D eigenvalue weighted by Crippen LogP contribution is -2.24. The summed E-state index contributed by atoms with van der Waals surface area (Å²) in [7, 11) is 1.94. The van der Waals surface area contributed by atoms with Gasteiger partial charge in [-0.05, 0) is 42.1 Å². The van der Waals surface area contributed by atoms with Crippen LogP contribution in [0.4, 0.5) is 11.9 Å². The standard InChI is InChI=1S/C14H17ClN6/c1-20(10-11-4-6-16-7-5-11)13-17-12(15)18-14(19-13)21-8-2-3-9-21/h4-7H,2-3,8-10H2,1H3. The zero-order valence-electron chi connectivity index (χ0n) is 11.9. The Morgan fingerprint density at radius 2 is 1.86 bits per heavy atom. The molecule has 3 rings (SSSR count). The number of hydrogen-bond acceptors (Lipinski definition) is 6. The molecule has 0 spiro atoms. The fraction of sp³-hybridized carbons (Fsp3) is 0.429. The smallest absolute Gasteiger partial charge is 0.231 e. The summed E-state index contributed by atoms with van der Waals surface area (Å²) < 4.78 is 0. The summed E-state index contributed by atoms with van der Waals surface area (Å²) in [4.78, 5) is 21.1. The lowest BCUT2D eigenvalue weighted by Gasteiger charge is -2.20. The maximum atomic E-state index is 6.05. The maximum Gasteiger partial charge on any atom is 0.231 e. The first-order chi connectivity index (χ1) is 10.2. The van der Waals surface area contributed by atoms with Crippen LogP contribution >= 0.6 is 11.6 Å². The lowest BCUT2D eigenvalue weighted by molar-refractivity contribution is 0.823. The van der Waals surface area contributed by atoms with E-state index in [0.29, 0.717) is 18.4 Å². The maximum absolute atomic E-state index is 6.05. The molecule has 1 saturated heterocycles. The first-order valence-corrected chi connectivity index (χ1v) is 7.37. The van der Waals surface area contributed by atoms with E-state index in [1.54, 1.807) is 12.4 Å². The molecule has 1 aliphatic heterocycles. The molecule has 0 unspecified atom stereocenters. The number of nitrogens with zero attached hydrogens (tertiary/aromatic N) is 6. The van der Waals surface area contributed by atoms with Gasteiger partial charge >= 0.3 is 0 Å². The van der Waals surface area contributed by atoms with Gasteiger partial charge in [0.25, 0.3) is 0 Å². The van der Waals surface area contributed by atoms with E-state index in [9.17, 15) is 0 Å². The molecule has 2 aromatic heterocycles. The van der Waals surface area contributed by atoms with E-state index in [1.807, 2.05) is 24.1 Å². The van der Waals surface area contributed by atoms with Gasteiger partial charge in [0.2, 0.25) is 17.2 Å². The Kier molecular flexibility index (Phi) is 4.15. The minimum atomic E-state index is 0.239. The Balaban J connectivity index is 1.80. The van der Waals surface area contributed by atoms with E-state index in [0.717, 1.165) is 18.7 Å². The van der Waals surface area contributed by atoms with E-state index < -0.39 is 0 Å². The molecule has 0 aromatic carbocycles. The highest BCUT2D eigenvalue weighted by atomic mass is 35.5. The van der Waals surface area contributed by atoms with Crippen molar-refractivity contribution < 1.29 is 0 Å². The second kappa shape index (κ2) is 6.22. The van der Waals surface area contributed by atoms with Crippen LogP contribution in [0, 0.1) is 0 Å². The van der Waals surface area contributed by atoms with Crippen molar-refractivity contribution in [1.82, 2.24) is 19.9 Å². The minimum absolute atomic E-state index is 0.239. The van der Waals surface area contributed by atoms with Gasteiger partial charge in [0.1, 0.15) is 0 Å². The van der Waals surface area contributed by atoms with Gasteiger partial charge in [-0.15, -0.1) is 0 Å². The first kappa shape index (κ1) is 14.0. The average Bonchev–Trinajstić information content (AvgIpc) is 3.02. The van der Waals surface area contributed by atoms with Crippen LogP contribution in [0.5, 0.6) is 0 Å². The molecule has 0 saturated carbocycles. The second-order valence-corrected chi connectivity index (χ2v) is 5.45. The van der Waals surface area contributed by atoms with E-state index >= 15 is 0 Å². The van der Waals surface area contributed by atoms with Gasteiger partial charge in [-0.3, -0.25) is 4.98 Å². The van der Waals surface area contributed by atoms with Crippen LogP contribution in [0.1, 0.15) is 18.4 Å². The van der Waals surface area contributed by atoms with Crippen molar-refractivity contribution in [2.45, 2.75) is 19.4 Å². The summed E-state index contributed by atoms with van der Waals surface area (Å²) >= 11 is 6.05. The summed E-state index contributed by atoms with van der Waals surface area (Å²) in [6.45, 7) is 2.66. The number of pyridine rings is 1. The number of rotatable bonds is 4. The second-order valence-electron chi connectivity index (χ2n) is 5.11. The Morgan fingerprint density at radius 1 is 1.14 bits per heavy atom. The zero-order chi connectivity index (χ0) is 14.7. The third-order valence-electron chi connectivity index (χ3n) is 3.48. The molecule has 0 aliphatic carbocycles. The van der Waals surface area contributed by atoms with Gasteiger partial charge in [-0.1, -0.05) is 0 Å². The van der Waals surface area contributed by atoms with Crippen molar-refractivity contribution in [1.29, 1.82) is 0 Å². The predicted octanol–water partition coefficient (Wildman–Crippen LogP) is 2.16. The minimum Gasteiger partial charge on any atom is -0.341 e. The third kappa shape index (κ3) is 3.39. The number of aromatic nitrogens is 4. The highest BCUT2D eigenvalue weighted by molar-refractivity contribution is 6.28. The van der Waals surface area contributed by atoms with E-state index in [-0.39, 0.29) is 5.28 Å². The fourth-order valence-electron chi connectivity index (χ4n) is 2.39. The molecular weight excluding hydrogens is 288 g/mol. The first-order valence-electron chi connectivity index (χ1n) is 6.99. The van der Waals surface area contributed by atoms with Gasteiger partial charge in [0.05, 0.1) is 0 Å². The van der Waals surface area contributed by atoms with Crippen molar-refractivity contribution >= 4 is 23.5 Å². The highest BCUT2D eigenvalue weighted by Gasteiger charge is 2.18. The molecule has 0 N–H and O–H groups in total. The highest BCUT2D eigenvalue weighted by Crippen LogP contribution is 2.20. The lowest BCUT2D eigenvalue weighted by atomic mass is 10.2. The summed E-state index contributed by atoms with van der Waals surface area (Å²) in [5.74, 6) is 1.26. The van der Waals surface area contributed by atoms with Gasteiger partial charge in [0.15, 0.2) is 0 Å². The monoisotopic (exact) mass is 304 g/mol. The molecule has 6 nitrogen and oxygen atoms in total. The van der Waals surface area contributed by atoms with Crippen molar-refractivity contribution in [3.63, 3.8) is 0 Å². The summed E-state index contributed by atoms with van der Waals surface area (Å²) in [5.41, 5.74) is 1.15. The molecule has 3 heterocycles. The molecule has 21 heavy (non-hydrogen) atoms. The van der Waals surface area contributed by atoms with Crippen LogP contribution in [0.2, 0.25) is 5.28 Å². The molecule has 1 aliphatic rings. The van der Waals surface area contributed by atoms with Crippen LogP contribution in [0.15, 0.2) is 24.5 Å². The van der Waals surface area contributed by atoms with Crippen LogP contribution in [0.25, 0.3) is 0 Å². The molecule has 0 amide bonds. The molecule has 0 bridgehead atoms. The Labute approximate surface area is 128 Å². The summed E-state index contributed by atoms with van der Waals surface area (Å²) in [6, 6.07) is 3.95. The topological polar surface area (TPSA) is 58.0 Å². The molecule has 2 aromatic rings. The fourth-order valence-corrected chi connectivity index (χ4v) is 2.54. The Hall–Kier alpha value is -1.95. The van der Waals surface area contributed by atoms with Crippen LogP contribution in [-0.4, -0.2) is 40.1 Å². The largest absolute Gasteiger partial charge is 0.341 e. The molecular formula is C14H17ClN6. The van der Waals surface area contributed by atoms with Crippen molar-refractivity contribution in [2.24, 2.45) is 0 Å². The molecule has 0 atom stereocenters. The third-order valence-corrected chi connectivity index (χ3v) is 3.65. The van der Waals surface area contributed by atoms with Gasteiger partial charge in [0, 0.05) is 39.1 Å². The van der Waals surface area contributed by atoms with Gasteiger partial charge < -0.3 is 9.80 Å². The Bertz CT molecular complexity index is 600. The van der Waals surface area contributed by atoms with Crippen LogP contribution in [0.3, 0.4) is 0 Å². The molecule has 7 heteroatoms. The summed E-state index contributed by atoms with van der Waals surface area (Å²) in [6.07, 6.45) is 5.90. The van der Waals surface area contributed by atoms with E-state index in [4.69, 9.17) is 11.6 Å². The van der Waals surface area contributed by atoms with Gasteiger partial charge in [-0.2, -0.15) is 15.0 Å². The van der Waals surface area contributed by atoms with E-state index in [2.05, 4.69) is 24.8 Å². The van der Waals surface area contributed by atoms with Crippen LogP contribution in [-0.2, 0) is 6.54 Å². The SMILES string of the molecule is CN(Cc1ccncc1)c1nc(Cl)nc(N2CCCC2)n1. The van der Waals surface area contributed by atoms with Crippen LogP contribution < -0.4 is 9.80 Å². The van der Waals surface area contributed by atoms with Crippen molar-refractivity contribution in [2.75, 3.05) is 29.9 Å². The normalized spacial score (nSPS) is 14.5.